The van der Waals surface area contributed by atoms with Crippen molar-refractivity contribution in [2.75, 3.05) is 26.2 Å². The molecule has 0 unspecified atom stereocenters. The van der Waals surface area contributed by atoms with Crippen LogP contribution in [0.25, 0.3) is 5.65 Å². The van der Waals surface area contributed by atoms with Crippen molar-refractivity contribution in [3.8, 4) is 0 Å². The number of fused-ring (bicyclic) bond motifs is 1. The topological polar surface area (TPSA) is 57.9 Å². The molecule has 1 aliphatic heterocycles. The summed E-state index contributed by atoms with van der Waals surface area (Å²) in [5.74, 6) is 0. The summed E-state index contributed by atoms with van der Waals surface area (Å²) in [4.78, 5) is 31.2. The highest BCUT2D eigenvalue weighted by Gasteiger charge is 2.16. The van der Waals surface area contributed by atoms with Crippen LogP contribution in [0.15, 0.2) is 29.1 Å². The molecule has 0 radical (unpaired) electrons. The molecule has 3 heterocycles. The maximum Gasteiger partial charge on any atom is 0.259 e. The summed E-state index contributed by atoms with van der Waals surface area (Å²) in [5, 5.41) is 0.358. The molecule has 1 fully saturated rings. The molecule has 6 nitrogen and oxygen atoms in total. The van der Waals surface area contributed by atoms with Crippen molar-refractivity contribution in [3.05, 3.63) is 45.5 Å². The SMILES string of the molecule is O=CN1CCN(Cc2cc(=O)n3c(Cl)cccc3n2)CC1. The van der Waals surface area contributed by atoms with Crippen LogP contribution in [0, 0.1) is 0 Å². The number of rotatable bonds is 3. The highest BCUT2D eigenvalue weighted by Crippen LogP contribution is 2.10. The van der Waals surface area contributed by atoms with Crippen LogP contribution in [0.4, 0.5) is 0 Å². The first-order valence-electron chi connectivity index (χ1n) is 6.76. The number of hydrogen-bond acceptors (Lipinski definition) is 4. The molecule has 2 aromatic rings. The molecular formula is C14H15ClN4O2. The zero-order valence-electron chi connectivity index (χ0n) is 11.4. The summed E-state index contributed by atoms with van der Waals surface area (Å²) in [5.41, 5.74) is 1.10. The molecule has 2 aromatic heterocycles. The van der Waals surface area contributed by atoms with E-state index in [-0.39, 0.29) is 5.56 Å². The lowest BCUT2D eigenvalue weighted by atomic mass is 10.3. The molecule has 21 heavy (non-hydrogen) atoms. The molecule has 110 valence electrons. The summed E-state index contributed by atoms with van der Waals surface area (Å²) in [6, 6.07) is 6.72. The second-order valence-electron chi connectivity index (χ2n) is 5.05. The van der Waals surface area contributed by atoms with Gasteiger partial charge in [-0.1, -0.05) is 17.7 Å². The zero-order chi connectivity index (χ0) is 14.8. The first-order chi connectivity index (χ1) is 10.2. The fourth-order valence-electron chi connectivity index (χ4n) is 2.50. The Morgan fingerprint density at radius 3 is 2.71 bits per heavy atom. The molecule has 7 heteroatoms. The minimum absolute atomic E-state index is 0.174. The molecule has 1 saturated heterocycles. The van der Waals surface area contributed by atoms with E-state index in [1.165, 1.54) is 10.5 Å². The summed E-state index contributed by atoms with van der Waals surface area (Å²) >= 11 is 6.01. The Balaban J connectivity index is 1.82. The lowest BCUT2D eigenvalue weighted by Crippen LogP contribution is -2.45. The third-order valence-corrected chi connectivity index (χ3v) is 3.93. The monoisotopic (exact) mass is 306 g/mol. The first kappa shape index (κ1) is 14.0. The molecular weight excluding hydrogens is 292 g/mol. The third kappa shape index (κ3) is 2.91. The van der Waals surface area contributed by atoms with Crippen molar-refractivity contribution in [2.45, 2.75) is 6.54 Å². The van der Waals surface area contributed by atoms with E-state index in [4.69, 9.17) is 11.6 Å². The van der Waals surface area contributed by atoms with E-state index in [2.05, 4.69) is 9.88 Å². The van der Waals surface area contributed by atoms with Gasteiger partial charge in [0, 0.05) is 38.8 Å². The van der Waals surface area contributed by atoms with E-state index in [9.17, 15) is 9.59 Å². The van der Waals surface area contributed by atoms with Crippen molar-refractivity contribution < 1.29 is 4.79 Å². The Bertz CT molecular complexity index is 722. The molecule has 0 spiro atoms. The summed E-state index contributed by atoms with van der Waals surface area (Å²) < 4.78 is 1.38. The molecule has 0 N–H and O–H groups in total. The molecule has 1 amide bonds. The number of aromatic nitrogens is 2. The van der Waals surface area contributed by atoms with Gasteiger partial charge >= 0.3 is 0 Å². The highest BCUT2D eigenvalue weighted by molar-refractivity contribution is 6.29. The van der Waals surface area contributed by atoms with Crippen molar-refractivity contribution in [1.29, 1.82) is 0 Å². The maximum atomic E-state index is 12.1. The molecule has 1 aliphatic rings. The van der Waals surface area contributed by atoms with Crippen molar-refractivity contribution in [2.24, 2.45) is 0 Å². The van der Waals surface area contributed by atoms with E-state index >= 15 is 0 Å². The van der Waals surface area contributed by atoms with Crippen LogP contribution in [0.1, 0.15) is 5.69 Å². The number of hydrogen-bond donors (Lipinski definition) is 0. The number of halogens is 1. The zero-order valence-corrected chi connectivity index (χ0v) is 12.2. The van der Waals surface area contributed by atoms with Crippen molar-refractivity contribution in [3.63, 3.8) is 0 Å². The van der Waals surface area contributed by atoms with Gasteiger partial charge in [0.25, 0.3) is 5.56 Å². The largest absolute Gasteiger partial charge is 0.343 e. The third-order valence-electron chi connectivity index (χ3n) is 3.63. The normalized spacial score (nSPS) is 16.3. The van der Waals surface area contributed by atoms with Gasteiger partial charge in [0.1, 0.15) is 10.8 Å². The van der Waals surface area contributed by atoms with Gasteiger partial charge in [0.15, 0.2) is 0 Å². The number of amides is 1. The molecule has 0 aromatic carbocycles. The molecule has 0 atom stereocenters. The van der Waals surface area contributed by atoms with Crippen LogP contribution >= 0.6 is 11.6 Å². The molecule has 0 bridgehead atoms. The Morgan fingerprint density at radius 1 is 1.24 bits per heavy atom. The smallest absolute Gasteiger partial charge is 0.259 e. The molecule has 0 saturated carbocycles. The minimum Gasteiger partial charge on any atom is -0.343 e. The van der Waals surface area contributed by atoms with E-state index in [1.54, 1.807) is 23.1 Å². The van der Waals surface area contributed by atoms with Gasteiger partial charge in [0.05, 0.1) is 5.69 Å². The van der Waals surface area contributed by atoms with Gasteiger partial charge < -0.3 is 4.90 Å². The second kappa shape index (κ2) is 5.83. The van der Waals surface area contributed by atoms with Gasteiger partial charge in [-0.15, -0.1) is 0 Å². The fraction of sp³-hybridized carbons (Fsp3) is 0.357. The molecule has 3 rings (SSSR count). The van der Waals surface area contributed by atoms with Gasteiger partial charge in [-0.05, 0) is 12.1 Å². The van der Waals surface area contributed by atoms with Gasteiger partial charge in [-0.25, -0.2) is 4.98 Å². The standard InChI is InChI=1S/C14H15ClN4O2/c15-12-2-1-3-13-16-11(8-14(21)19(12)13)9-17-4-6-18(10-20)7-5-17/h1-3,8,10H,4-7,9H2. The second-order valence-corrected chi connectivity index (χ2v) is 5.43. The minimum atomic E-state index is -0.174. The van der Waals surface area contributed by atoms with Crippen LogP contribution in [-0.4, -0.2) is 51.8 Å². The van der Waals surface area contributed by atoms with Crippen LogP contribution in [-0.2, 0) is 11.3 Å². The van der Waals surface area contributed by atoms with Crippen molar-refractivity contribution in [1.82, 2.24) is 19.2 Å². The van der Waals surface area contributed by atoms with E-state index in [1.807, 2.05) is 0 Å². The summed E-state index contributed by atoms with van der Waals surface area (Å²) in [6.07, 6.45) is 0.875. The Hall–Kier alpha value is -1.92. The maximum absolute atomic E-state index is 12.1. The van der Waals surface area contributed by atoms with E-state index < -0.39 is 0 Å². The quantitative estimate of drug-likeness (QED) is 0.616. The van der Waals surface area contributed by atoms with Crippen molar-refractivity contribution >= 4 is 23.7 Å². The lowest BCUT2D eigenvalue weighted by Gasteiger charge is -2.32. The highest BCUT2D eigenvalue weighted by atomic mass is 35.5. The Morgan fingerprint density at radius 2 is 2.00 bits per heavy atom. The summed E-state index contributed by atoms with van der Waals surface area (Å²) in [6.45, 7) is 3.60. The number of carbonyl (C=O) groups is 1. The van der Waals surface area contributed by atoms with Crippen LogP contribution in [0.5, 0.6) is 0 Å². The average Bonchev–Trinajstić information content (AvgIpc) is 2.48. The average molecular weight is 307 g/mol. The molecule has 0 aliphatic carbocycles. The Labute approximate surface area is 126 Å². The predicted molar refractivity (Wildman–Crippen MR) is 79.4 cm³/mol. The van der Waals surface area contributed by atoms with Gasteiger partial charge in [-0.3, -0.25) is 18.9 Å². The Kier molecular flexibility index (Phi) is 3.90. The fourth-order valence-corrected chi connectivity index (χ4v) is 2.74. The van der Waals surface area contributed by atoms with Crippen LogP contribution in [0.2, 0.25) is 5.15 Å². The van der Waals surface area contributed by atoms with Gasteiger partial charge in [0.2, 0.25) is 6.41 Å². The summed E-state index contributed by atoms with van der Waals surface area (Å²) in [7, 11) is 0. The lowest BCUT2D eigenvalue weighted by molar-refractivity contribution is -0.119. The van der Waals surface area contributed by atoms with E-state index in [0.29, 0.717) is 30.4 Å². The van der Waals surface area contributed by atoms with Crippen LogP contribution < -0.4 is 5.56 Å². The van der Waals surface area contributed by atoms with Gasteiger partial charge in [-0.2, -0.15) is 0 Å². The number of nitrogens with zero attached hydrogens (tertiary/aromatic N) is 4. The predicted octanol–water partition coefficient (Wildman–Crippen LogP) is 0.622. The first-order valence-corrected chi connectivity index (χ1v) is 7.14. The number of piperazine rings is 1. The van der Waals surface area contributed by atoms with Crippen LogP contribution in [0.3, 0.4) is 0 Å². The van der Waals surface area contributed by atoms with E-state index in [0.717, 1.165) is 25.2 Å². The number of pyridine rings is 1. The number of carbonyl (C=O) groups excluding carboxylic acids is 1.